The van der Waals surface area contributed by atoms with E-state index in [4.69, 9.17) is 25.8 Å². The summed E-state index contributed by atoms with van der Waals surface area (Å²) in [6, 6.07) is 12.0. The van der Waals surface area contributed by atoms with E-state index in [1.165, 1.54) is 11.1 Å². The Kier molecular flexibility index (Phi) is 7.34. The number of benzene rings is 2. The summed E-state index contributed by atoms with van der Waals surface area (Å²) < 4.78 is 16.6. The number of morpholine rings is 1. The second kappa shape index (κ2) is 10.6. The fraction of sp³-hybridized carbons (Fsp3) is 0.292. The van der Waals surface area contributed by atoms with E-state index in [1.807, 2.05) is 6.07 Å². The summed E-state index contributed by atoms with van der Waals surface area (Å²) in [5, 5.41) is 1.38. The molecule has 0 radical (unpaired) electrons. The maximum absolute atomic E-state index is 12.8. The summed E-state index contributed by atoms with van der Waals surface area (Å²) in [7, 11) is 0. The zero-order valence-electron chi connectivity index (χ0n) is 18.6. The van der Waals surface area contributed by atoms with Crippen LogP contribution in [-0.4, -0.2) is 62.1 Å². The molecule has 2 aromatic rings. The number of para-hydroxylation sites is 1. The van der Waals surface area contributed by atoms with Gasteiger partial charge in [0.1, 0.15) is 5.57 Å². The highest BCUT2D eigenvalue weighted by Gasteiger charge is 2.34. The molecule has 2 saturated heterocycles. The minimum atomic E-state index is -0.528. The lowest BCUT2D eigenvalue weighted by atomic mass is 10.1. The number of anilines is 1. The molecule has 10 heteroatoms. The Hall–Kier alpha value is -3.56. The number of ether oxygens (including phenoxy) is 3. The van der Waals surface area contributed by atoms with Gasteiger partial charge in [0.15, 0.2) is 18.1 Å². The molecular weight excluding hydrogens is 462 g/mol. The topological polar surface area (TPSA) is 97.4 Å². The van der Waals surface area contributed by atoms with Gasteiger partial charge in [-0.1, -0.05) is 29.8 Å². The summed E-state index contributed by atoms with van der Waals surface area (Å²) >= 11 is 6.45. The quantitative estimate of drug-likeness (QED) is 0.478. The van der Waals surface area contributed by atoms with Gasteiger partial charge in [0.25, 0.3) is 17.7 Å². The standard InChI is InChI=1S/C24H24ClN3O6/c1-2-33-20-14-16(12-18-23(30)26-28(24(18)31)17-6-4-3-5-7-17)13-19(25)22(20)34-15-21(29)27-8-10-32-11-9-27/h3-7,12-14H,2,8-11,15H2,1H3,(H,26,30)/b18-12-. The van der Waals surface area contributed by atoms with Gasteiger partial charge in [-0.25, -0.2) is 5.01 Å². The first-order chi connectivity index (χ1) is 16.5. The van der Waals surface area contributed by atoms with E-state index in [0.717, 1.165) is 0 Å². The molecule has 0 aromatic heterocycles. The number of nitrogens with zero attached hydrogens (tertiary/aromatic N) is 2. The van der Waals surface area contributed by atoms with Gasteiger partial charge in [0.05, 0.1) is 30.5 Å². The van der Waals surface area contributed by atoms with Crippen molar-refractivity contribution in [2.45, 2.75) is 6.92 Å². The first-order valence-electron chi connectivity index (χ1n) is 10.8. The summed E-state index contributed by atoms with van der Waals surface area (Å²) in [5.74, 6) is -0.661. The van der Waals surface area contributed by atoms with Crippen LogP contribution >= 0.6 is 11.6 Å². The van der Waals surface area contributed by atoms with Crippen LogP contribution in [-0.2, 0) is 19.1 Å². The Morgan fingerprint density at radius 3 is 2.59 bits per heavy atom. The van der Waals surface area contributed by atoms with E-state index < -0.39 is 11.8 Å². The van der Waals surface area contributed by atoms with E-state index in [1.54, 1.807) is 48.2 Å². The third kappa shape index (κ3) is 5.16. The summed E-state index contributed by atoms with van der Waals surface area (Å²) in [5.41, 5.74) is 3.54. The highest BCUT2D eigenvalue weighted by molar-refractivity contribution is 6.33. The van der Waals surface area contributed by atoms with Crippen LogP contribution < -0.4 is 19.9 Å². The Balaban J connectivity index is 1.55. The molecule has 0 atom stereocenters. The zero-order valence-corrected chi connectivity index (χ0v) is 19.3. The van der Waals surface area contributed by atoms with E-state index in [0.29, 0.717) is 49.9 Å². The average molecular weight is 486 g/mol. The molecule has 34 heavy (non-hydrogen) atoms. The molecule has 0 bridgehead atoms. The monoisotopic (exact) mass is 485 g/mol. The molecule has 9 nitrogen and oxygen atoms in total. The number of rotatable bonds is 7. The third-order valence-corrected chi connectivity index (χ3v) is 5.53. The summed E-state index contributed by atoms with van der Waals surface area (Å²) in [6.07, 6.45) is 1.44. The molecule has 1 N–H and O–H groups in total. The van der Waals surface area contributed by atoms with E-state index >= 15 is 0 Å². The number of hydrogen-bond acceptors (Lipinski definition) is 6. The molecule has 2 aliphatic heterocycles. The van der Waals surface area contributed by atoms with Gasteiger partial charge in [0.2, 0.25) is 0 Å². The maximum atomic E-state index is 12.8. The molecule has 0 aliphatic carbocycles. The Labute approximate surface area is 201 Å². The van der Waals surface area contributed by atoms with Crippen molar-refractivity contribution in [2.75, 3.05) is 44.5 Å². The van der Waals surface area contributed by atoms with Crippen LogP contribution in [0.3, 0.4) is 0 Å². The van der Waals surface area contributed by atoms with Gasteiger partial charge < -0.3 is 19.1 Å². The van der Waals surface area contributed by atoms with Crippen molar-refractivity contribution >= 4 is 41.1 Å². The Morgan fingerprint density at radius 1 is 1.15 bits per heavy atom. The van der Waals surface area contributed by atoms with Gasteiger partial charge in [0, 0.05) is 13.1 Å². The number of nitrogens with one attached hydrogen (secondary N) is 1. The molecule has 0 spiro atoms. The normalized spacial score (nSPS) is 17.2. The largest absolute Gasteiger partial charge is 0.490 e. The van der Waals surface area contributed by atoms with Crippen LogP contribution in [0, 0.1) is 0 Å². The van der Waals surface area contributed by atoms with Crippen molar-refractivity contribution in [2.24, 2.45) is 0 Å². The number of hydrogen-bond donors (Lipinski definition) is 1. The van der Waals surface area contributed by atoms with Crippen LogP contribution in [0.25, 0.3) is 6.08 Å². The molecule has 2 aliphatic rings. The van der Waals surface area contributed by atoms with E-state index in [2.05, 4.69) is 5.43 Å². The first kappa shape index (κ1) is 23.6. The molecule has 0 saturated carbocycles. The van der Waals surface area contributed by atoms with Crippen molar-refractivity contribution < 1.29 is 28.6 Å². The molecular formula is C24H24ClN3O6. The van der Waals surface area contributed by atoms with Crippen LogP contribution in [0.15, 0.2) is 48.0 Å². The fourth-order valence-electron chi connectivity index (χ4n) is 3.60. The minimum absolute atomic E-state index is 0.0430. The van der Waals surface area contributed by atoms with E-state index in [-0.39, 0.29) is 28.9 Å². The molecule has 4 rings (SSSR count). The number of hydrazine groups is 1. The molecule has 2 heterocycles. The van der Waals surface area contributed by atoms with Crippen LogP contribution in [0.2, 0.25) is 5.02 Å². The molecule has 0 unspecified atom stereocenters. The first-order valence-corrected chi connectivity index (χ1v) is 11.2. The molecule has 2 fully saturated rings. The van der Waals surface area contributed by atoms with Crippen LogP contribution in [0.1, 0.15) is 12.5 Å². The molecule has 2 aromatic carbocycles. The van der Waals surface area contributed by atoms with Gasteiger partial charge in [-0.2, -0.15) is 0 Å². The second-order valence-electron chi connectivity index (χ2n) is 7.52. The number of carbonyl (C=O) groups is 3. The lowest BCUT2D eigenvalue weighted by Crippen LogP contribution is -2.43. The number of amides is 3. The van der Waals surface area contributed by atoms with Crippen LogP contribution in [0.4, 0.5) is 5.69 Å². The minimum Gasteiger partial charge on any atom is -0.490 e. The zero-order chi connectivity index (χ0) is 24.1. The van der Waals surface area contributed by atoms with Crippen molar-refractivity contribution in [3.05, 3.63) is 58.6 Å². The maximum Gasteiger partial charge on any atom is 0.282 e. The van der Waals surface area contributed by atoms with Crippen molar-refractivity contribution in [1.82, 2.24) is 10.3 Å². The van der Waals surface area contributed by atoms with Gasteiger partial charge in [-0.3, -0.25) is 19.8 Å². The second-order valence-corrected chi connectivity index (χ2v) is 7.93. The fourth-order valence-corrected chi connectivity index (χ4v) is 3.87. The summed E-state index contributed by atoms with van der Waals surface area (Å²) in [4.78, 5) is 39.4. The van der Waals surface area contributed by atoms with Gasteiger partial charge >= 0.3 is 0 Å². The third-order valence-electron chi connectivity index (χ3n) is 5.25. The van der Waals surface area contributed by atoms with Crippen molar-refractivity contribution in [3.63, 3.8) is 0 Å². The number of carbonyl (C=O) groups excluding carboxylic acids is 3. The summed E-state index contributed by atoms with van der Waals surface area (Å²) in [6.45, 7) is 3.93. The lowest BCUT2D eigenvalue weighted by Gasteiger charge is -2.27. The highest BCUT2D eigenvalue weighted by atomic mass is 35.5. The Bertz CT molecular complexity index is 1120. The van der Waals surface area contributed by atoms with Gasteiger partial charge in [-0.05, 0) is 42.8 Å². The highest BCUT2D eigenvalue weighted by Crippen LogP contribution is 2.37. The number of halogens is 1. The Morgan fingerprint density at radius 2 is 1.88 bits per heavy atom. The van der Waals surface area contributed by atoms with Crippen molar-refractivity contribution in [3.8, 4) is 11.5 Å². The molecule has 3 amide bonds. The van der Waals surface area contributed by atoms with E-state index in [9.17, 15) is 14.4 Å². The molecule has 178 valence electrons. The predicted molar refractivity (Wildman–Crippen MR) is 126 cm³/mol. The smallest absolute Gasteiger partial charge is 0.282 e. The van der Waals surface area contributed by atoms with Gasteiger partial charge in [-0.15, -0.1) is 0 Å². The van der Waals surface area contributed by atoms with Crippen LogP contribution in [0.5, 0.6) is 11.5 Å². The SMILES string of the molecule is CCOc1cc(/C=C2/C(=O)NN(c3ccccc3)C2=O)cc(Cl)c1OCC(=O)N1CCOCC1. The predicted octanol–water partition coefficient (Wildman–Crippen LogP) is 2.44. The lowest BCUT2D eigenvalue weighted by molar-refractivity contribution is -0.137. The van der Waals surface area contributed by atoms with Crippen molar-refractivity contribution in [1.29, 1.82) is 0 Å². The average Bonchev–Trinajstić information content (AvgIpc) is 3.13.